The fourth-order valence-corrected chi connectivity index (χ4v) is 4.63. The summed E-state index contributed by atoms with van der Waals surface area (Å²) >= 11 is 1.99. The molecule has 1 aliphatic heterocycles. The van der Waals surface area contributed by atoms with Gasteiger partial charge >= 0.3 is 0 Å². The molecule has 3 atom stereocenters. The molecule has 1 aromatic rings. The van der Waals surface area contributed by atoms with Gasteiger partial charge in [-0.1, -0.05) is 61.9 Å². The second-order valence-corrected chi connectivity index (χ2v) is 9.05. The number of ether oxygens (including phenoxy) is 1. The van der Waals surface area contributed by atoms with Crippen LogP contribution in [-0.2, 0) is 9.53 Å². The van der Waals surface area contributed by atoms with Crippen LogP contribution >= 0.6 is 11.8 Å². The van der Waals surface area contributed by atoms with Gasteiger partial charge in [0.1, 0.15) is 0 Å². The number of benzene rings is 1. The van der Waals surface area contributed by atoms with Crippen molar-refractivity contribution in [2.75, 3.05) is 31.4 Å². The number of aliphatic hydroxyl groups is 1. The van der Waals surface area contributed by atoms with Crippen LogP contribution in [0.4, 0.5) is 5.69 Å². The van der Waals surface area contributed by atoms with E-state index in [1.807, 2.05) is 43.0 Å². The number of nitrogens with zero attached hydrogens (tertiary/aromatic N) is 1. The topological polar surface area (TPSA) is 75.8 Å². The standard InChI is InChI=1S/C16H25NOS.C7H9N.C3H6O2/c1-3-15-10-13(2)8-9-17(12-18)16-7-5-4-6-14(16)11-19-15;1-6-2-4-7(8)5-3-6;1-2-5-3-4/h4-7,10,13-14,16,18H,3,8-9,11-12H2,1-2H3;2-5H,8H2,1H3;3H,2H2,1H3/b15-10-;;. The number of anilines is 1. The third-order valence-electron chi connectivity index (χ3n) is 5.28. The van der Waals surface area contributed by atoms with Crippen LogP contribution in [0.15, 0.2) is 59.6 Å². The summed E-state index contributed by atoms with van der Waals surface area (Å²) in [5, 5.41) is 9.64. The highest BCUT2D eigenvalue weighted by atomic mass is 32.2. The fraction of sp³-hybridized carbons (Fsp3) is 0.500. The van der Waals surface area contributed by atoms with E-state index in [0.29, 0.717) is 31.0 Å². The third-order valence-corrected chi connectivity index (χ3v) is 6.63. The molecule has 0 amide bonds. The van der Waals surface area contributed by atoms with E-state index in [-0.39, 0.29) is 6.73 Å². The number of rotatable bonds is 4. The molecule has 0 saturated heterocycles. The average molecular weight is 461 g/mol. The van der Waals surface area contributed by atoms with Crippen LogP contribution in [-0.4, -0.2) is 48.2 Å². The summed E-state index contributed by atoms with van der Waals surface area (Å²) in [6.07, 6.45) is 13.5. The van der Waals surface area contributed by atoms with Crippen molar-refractivity contribution in [2.24, 2.45) is 11.8 Å². The first-order valence-corrected chi connectivity index (χ1v) is 12.3. The van der Waals surface area contributed by atoms with Gasteiger partial charge in [0.05, 0.1) is 13.3 Å². The van der Waals surface area contributed by atoms with E-state index in [0.717, 1.165) is 30.8 Å². The van der Waals surface area contributed by atoms with Gasteiger partial charge in [-0.05, 0) is 49.6 Å². The molecular weight excluding hydrogens is 420 g/mol. The van der Waals surface area contributed by atoms with E-state index < -0.39 is 0 Å². The van der Waals surface area contributed by atoms with Crippen molar-refractivity contribution in [1.82, 2.24) is 4.90 Å². The molecule has 0 radical (unpaired) electrons. The van der Waals surface area contributed by atoms with E-state index in [4.69, 9.17) is 5.73 Å². The monoisotopic (exact) mass is 460 g/mol. The Labute approximate surface area is 198 Å². The molecule has 5 nitrogen and oxygen atoms in total. The number of carbonyl (C=O) groups excluding carboxylic acids is 1. The number of aliphatic hydroxyl groups excluding tert-OH is 1. The molecule has 178 valence electrons. The van der Waals surface area contributed by atoms with Crippen LogP contribution in [0, 0.1) is 18.8 Å². The largest absolute Gasteiger partial charge is 0.468 e. The van der Waals surface area contributed by atoms with Gasteiger partial charge in [-0.3, -0.25) is 9.69 Å². The highest BCUT2D eigenvalue weighted by molar-refractivity contribution is 8.03. The summed E-state index contributed by atoms with van der Waals surface area (Å²) in [4.78, 5) is 12.9. The number of hydrogen-bond acceptors (Lipinski definition) is 6. The minimum atomic E-state index is 0.154. The molecule has 0 spiro atoms. The van der Waals surface area contributed by atoms with Gasteiger partial charge in [0.2, 0.25) is 0 Å². The third kappa shape index (κ3) is 11.0. The molecule has 1 heterocycles. The maximum absolute atomic E-state index is 9.64. The van der Waals surface area contributed by atoms with Crippen molar-refractivity contribution >= 4 is 23.9 Å². The number of nitrogen functional groups attached to an aromatic ring is 1. The lowest BCUT2D eigenvalue weighted by Crippen LogP contribution is -2.42. The first-order chi connectivity index (χ1) is 15.4. The molecule has 3 rings (SSSR count). The SMILES string of the molecule is CC/C1=C/C(C)CCN(CO)C2C=CC=CC2CS1.CCOC=O.Cc1ccc(N)cc1. The summed E-state index contributed by atoms with van der Waals surface area (Å²) in [6.45, 7) is 10.3. The van der Waals surface area contributed by atoms with Gasteiger partial charge < -0.3 is 15.6 Å². The molecule has 3 N–H and O–H groups in total. The Bertz CT molecular complexity index is 710. The van der Waals surface area contributed by atoms with Crippen LogP contribution < -0.4 is 5.73 Å². The number of allylic oxidation sites excluding steroid dienone is 4. The number of carbonyl (C=O) groups is 1. The number of fused-ring (bicyclic) bond motifs is 1. The first kappa shape index (κ1) is 28.0. The van der Waals surface area contributed by atoms with Crippen LogP contribution in [0.25, 0.3) is 0 Å². The summed E-state index contributed by atoms with van der Waals surface area (Å²) in [5.41, 5.74) is 7.51. The zero-order chi connectivity index (χ0) is 23.8. The Balaban J connectivity index is 0.000000323. The van der Waals surface area contributed by atoms with Gasteiger partial charge in [0, 0.05) is 29.9 Å². The second-order valence-electron chi connectivity index (χ2n) is 7.90. The van der Waals surface area contributed by atoms with Gasteiger partial charge in [-0.2, -0.15) is 0 Å². The molecule has 1 aliphatic carbocycles. The van der Waals surface area contributed by atoms with E-state index in [1.165, 1.54) is 10.5 Å². The average Bonchev–Trinajstić information content (AvgIpc) is 2.81. The van der Waals surface area contributed by atoms with Gasteiger partial charge in [0.25, 0.3) is 6.47 Å². The molecule has 3 unspecified atom stereocenters. The maximum atomic E-state index is 9.64. The zero-order valence-corrected chi connectivity index (χ0v) is 20.8. The van der Waals surface area contributed by atoms with Gasteiger partial charge in [-0.15, -0.1) is 11.8 Å². The number of nitrogens with two attached hydrogens (primary N) is 1. The molecule has 1 aromatic carbocycles. The minimum Gasteiger partial charge on any atom is -0.468 e. The minimum absolute atomic E-state index is 0.154. The highest BCUT2D eigenvalue weighted by Gasteiger charge is 2.26. The number of aryl methyl sites for hydroxylation is 1. The Morgan fingerprint density at radius 3 is 2.44 bits per heavy atom. The van der Waals surface area contributed by atoms with Crippen LogP contribution in [0.3, 0.4) is 0 Å². The van der Waals surface area contributed by atoms with Crippen molar-refractivity contribution in [3.05, 3.63) is 65.1 Å². The molecule has 0 bridgehead atoms. The Hall–Kier alpha value is -2.02. The normalized spacial score (nSPS) is 24.4. The molecule has 0 fully saturated rings. The van der Waals surface area contributed by atoms with E-state index in [1.54, 1.807) is 6.92 Å². The highest BCUT2D eigenvalue weighted by Crippen LogP contribution is 2.30. The summed E-state index contributed by atoms with van der Waals surface area (Å²) in [7, 11) is 0. The predicted octanol–water partition coefficient (Wildman–Crippen LogP) is 5.17. The molecule has 0 saturated carbocycles. The van der Waals surface area contributed by atoms with Gasteiger partial charge in [-0.25, -0.2) is 0 Å². The lowest BCUT2D eigenvalue weighted by Gasteiger charge is -2.35. The fourth-order valence-electron chi connectivity index (χ4n) is 3.38. The van der Waals surface area contributed by atoms with E-state index in [9.17, 15) is 9.90 Å². The lowest BCUT2D eigenvalue weighted by molar-refractivity contribution is -0.128. The van der Waals surface area contributed by atoms with Crippen molar-refractivity contribution in [3.8, 4) is 0 Å². The Morgan fingerprint density at radius 2 is 1.91 bits per heavy atom. The quantitative estimate of drug-likeness (QED) is 0.477. The molecule has 2 aliphatic rings. The molecule has 0 aromatic heterocycles. The van der Waals surface area contributed by atoms with Crippen LogP contribution in [0.5, 0.6) is 0 Å². The summed E-state index contributed by atoms with van der Waals surface area (Å²) in [6, 6.07) is 8.14. The zero-order valence-electron chi connectivity index (χ0n) is 19.9. The van der Waals surface area contributed by atoms with E-state index >= 15 is 0 Å². The van der Waals surface area contributed by atoms with Crippen molar-refractivity contribution < 1.29 is 14.6 Å². The molecular formula is C26H40N2O3S. The number of hydrogen-bond donors (Lipinski definition) is 2. The Kier molecular flexibility index (Phi) is 14.5. The lowest BCUT2D eigenvalue weighted by atomic mass is 9.95. The Morgan fingerprint density at radius 1 is 1.22 bits per heavy atom. The molecule has 32 heavy (non-hydrogen) atoms. The van der Waals surface area contributed by atoms with Crippen LogP contribution in [0.2, 0.25) is 0 Å². The van der Waals surface area contributed by atoms with Gasteiger partial charge in [0.15, 0.2) is 0 Å². The van der Waals surface area contributed by atoms with Crippen molar-refractivity contribution in [3.63, 3.8) is 0 Å². The smallest absolute Gasteiger partial charge is 0.293 e. The summed E-state index contributed by atoms with van der Waals surface area (Å²) in [5.74, 6) is 2.20. The van der Waals surface area contributed by atoms with E-state index in [2.05, 4.69) is 53.9 Å². The second kappa shape index (κ2) is 16.6. The van der Waals surface area contributed by atoms with Crippen molar-refractivity contribution in [2.45, 2.75) is 46.6 Å². The van der Waals surface area contributed by atoms with Crippen LogP contribution in [0.1, 0.15) is 39.2 Å². The maximum Gasteiger partial charge on any atom is 0.293 e. The number of thioether (sulfide) groups is 1. The molecule has 6 heteroatoms. The first-order valence-electron chi connectivity index (χ1n) is 11.4. The summed E-state index contributed by atoms with van der Waals surface area (Å²) < 4.78 is 4.15. The predicted molar refractivity (Wildman–Crippen MR) is 137 cm³/mol. The van der Waals surface area contributed by atoms with Crippen molar-refractivity contribution in [1.29, 1.82) is 0 Å².